The second kappa shape index (κ2) is 7.51. The first-order valence-corrected chi connectivity index (χ1v) is 9.50. The highest BCUT2D eigenvalue weighted by Gasteiger charge is 2.21. The van der Waals surface area contributed by atoms with Crippen molar-refractivity contribution in [3.05, 3.63) is 17.0 Å². The molecule has 1 atom stereocenters. The third kappa shape index (κ3) is 4.50. The molecule has 0 aromatic carbocycles. The maximum atomic E-state index is 12.1. The number of aliphatic hydroxyl groups is 1. The van der Waals surface area contributed by atoms with Gasteiger partial charge in [0.05, 0.1) is 5.56 Å². The molecule has 1 amide bonds. The lowest BCUT2D eigenvalue weighted by Crippen LogP contribution is -2.41. The Bertz CT molecular complexity index is 615. The van der Waals surface area contributed by atoms with Gasteiger partial charge >= 0.3 is 0 Å². The molecular formula is C13H21N3O4S2. The quantitative estimate of drug-likeness (QED) is 0.634. The van der Waals surface area contributed by atoms with Crippen LogP contribution < -0.4 is 10.5 Å². The van der Waals surface area contributed by atoms with Gasteiger partial charge in [-0.2, -0.15) is 0 Å². The zero-order chi connectivity index (χ0) is 16.2. The van der Waals surface area contributed by atoms with Crippen LogP contribution >= 0.6 is 11.3 Å². The molecule has 0 saturated carbocycles. The van der Waals surface area contributed by atoms with Crippen molar-refractivity contribution in [1.29, 1.82) is 0 Å². The first kappa shape index (κ1) is 17.4. The number of primary amides is 1. The number of nitrogens with one attached hydrogen (secondary N) is 1. The largest absolute Gasteiger partial charge is 0.396 e. The predicted octanol–water partition coefficient (Wildman–Crippen LogP) is -0.170. The summed E-state index contributed by atoms with van der Waals surface area (Å²) in [6, 6.07) is 1.29. The minimum atomic E-state index is -3.61. The third-order valence-electron chi connectivity index (χ3n) is 3.71. The van der Waals surface area contributed by atoms with Crippen molar-refractivity contribution >= 4 is 27.3 Å². The zero-order valence-electron chi connectivity index (χ0n) is 12.2. The van der Waals surface area contributed by atoms with Gasteiger partial charge in [0.1, 0.15) is 4.21 Å². The molecule has 0 aliphatic carbocycles. The average Bonchev–Trinajstić information content (AvgIpc) is 2.98. The molecule has 0 bridgehead atoms. The van der Waals surface area contributed by atoms with Crippen LogP contribution in [-0.4, -0.2) is 57.1 Å². The van der Waals surface area contributed by atoms with Crippen LogP contribution in [-0.2, 0) is 10.0 Å². The van der Waals surface area contributed by atoms with E-state index in [-0.39, 0.29) is 22.3 Å². The number of likely N-dealkylation sites (tertiary alicyclic amines) is 1. The maximum Gasteiger partial charge on any atom is 0.250 e. The molecule has 1 aliphatic rings. The fourth-order valence-corrected chi connectivity index (χ4v) is 4.73. The van der Waals surface area contributed by atoms with Crippen LogP contribution in [0.4, 0.5) is 0 Å². The van der Waals surface area contributed by atoms with Crippen LogP contribution in [0, 0.1) is 5.92 Å². The predicted molar refractivity (Wildman–Crippen MR) is 84.3 cm³/mol. The summed E-state index contributed by atoms with van der Waals surface area (Å²) in [5.41, 5.74) is 5.32. The minimum Gasteiger partial charge on any atom is -0.396 e. The SMILES string of the molecule is NC(=O)c1csc(S(=O)(=O)NCCN2CCC[C@@H](CO)C2)c1. The van der Waals surface area contributed by atoms with Gasteiger partial charge < -0.3 is 15.7 Å². The number of sulfonamides is 1. The van der Waals surface area contributed by atoms with Gasteiger partial charge in [0.15, 0.2) is 0 Å². The lowest BCUT2D eigenvalue weighted by atomic mass is 9.99. The standard InChI is InChI=1S/C13H21N3O4S2/c14-13(18)11-6-12(21-9-11)22(19,20)15-3-5-16-4-1-2-10(7-16)8-17/h6,9-10,15,17H,1-5,7-8H2,(H2,14,18)/t10-/m1/s1. The van der Waals surface area contributed by atoms with E-state index in [0.29, 0.717) is 13.1 Å². The molecule has 2 rings (SSSR count). The van der Waals surface area contributed by atoms with Gasteiger partial charge in [0, 0.05) is 31.6 Å². The number of hydrogen-bond acceptors (Lipinski definition) is 6. The Labute approximate surface area is 134 Å². The lowest BCUT2D eigenvalue weighted by molar-refractivity contribution is 0.100. The van der Waals surface area contributed by atoms with Crippen molar-refractivity contribution in [2.45, 2.75) is 17.1 Å². The molecule has 0 radical (unpaired) electrons. The van der Waals surface area contributed by atoms with E-state index in [9.17, 15) is 18.3 Å². The van der Waals surface area contributed by atoms with E-state index < -0.39 is 15.9 Å². The number of hydrogen-bond donors (Lipinski definition) is 3. The van der Waals surface area contributed by atoms with Gasteiger partial charge in [0.25, 0.3) is 0 Å². The van der Waals surface area contributed by atoms with Gasteiger partial charge in [-0.25, -0.2) is 13.1 Å². The van der Waals surface area contributed by atoms with Crippen molar-refractivity contribution in [2.24, 2.45) is 11.7 Å². The van der Waals surface area contributed by atoms with Gasteiger partial charge in [-0.15, -0.1) is 11.3 Å². The number of carbonyl (C=O) groups is 1. The minimum absolute atomic E-state index is 0.0909. The number of carbonyl (C=O) groups excluding carboxylic acids is 1. The first-order chi connectivity index (χ1) is 10.4. The second-order valence-electron chi connectivity index (χ2n) is 5.41. The van der Waals surface area contributed by atoms with Crippen LogP contribution in [0.25, 0.3) is 0 Å². The van der Waals surface area contributed by atoms with Crippen LogP contribution in [0.3, 0.4) is 0 Å². The molecule has 9 heteroatoms. The van der Waals surface area contributed by atoms with Crippen molar-refractivity contribution in [1.82, 2.24) is 9.62 Å². The van der Waals surface area contributed by atoms with Gasteiger partial charge in [-0.05, 0) is 31.4 Å². The highest BCUT2D eigenvalue weighted by Crippen LogP contribution is 2.20. The summed E-state index contributed by atoms with van der Waals surface area (Å²) in [6.45, 7) is 2.79. The number of amides is 1. The summed E-state index contributed by atoms with van der Waals surface area (Å²) < 4.78 is 26.9. The van der Waals surface area contributed by atoms with E-state index in [1.807, 2.05) is 0 Å². The zero-order valence-corrected chi connectivity index (χ0v) is 13.8. The maximum absolute atomic E-state index is 12.1. The van der Waals surface area contributed by atoms with Crippen molar-refractivity contribution < 1.29 is 18.3 Å². The topological polar surface area (TPSA) is 113 Å². The molecule has 124 valence electrons. The molecule has 1 aliphatic heterocycles. The summed E-state index contributed by atoms with van der Waals surface area (Å²) in [5.74, 6) is -0.359. The molecule has 0 unspecified atom stereocenters. The number of nitrogens with two attached hydrogens (primary N) is 1. The second-order valence-corrected chi connectivity index (χ2v) is 8.31. The summed E-state index contributed by atoms with van der Waals surface area (Å²) in [6.07, 6.45) is 2.04. The van der Waals surface area contributed by atoms with E-state index in [4.69, 9.17) is 5.73 Å². The van der Waals surface area contributed by atoms with Crippen LogP contribution in [0.2, 0.25) is 0 Å². The Morgan fingerprint density at radius 3 is 2.95 bits per heavy atom. The van der Waals surface area contributed by atoms with Gasteiger partial charge in [-0.1, -0.05) is 0 Å². The van der Waals surface area contributed by atoms with E-state index >= 15 is 0 Å². The van der Waals surface area contributed by atoms with E-state index in [1.165, 1.54) is 11.4 Å². The number of piperidine rings is 1. The normalized spacial score (nSPS) is 20.1. The molecular weight excluding hydrogens is 326 g/mol. The Hall–Kier alpha value is -1.00. The fourth-order valence-electron chi connectivity index (χ4n) is 2.50. The molecule has 22 heavy (non-hydrogen) atoms. The Kier molecular flexibility index (Phi) is 5.93. The van der Waals surface area contributed by atoms with E-state index in [0.717, 1.165) is 37.3 Å². The fraction of sp³-hybridized carbons (Fsp3) is 0.615. The van der Waals surface area contributed by atoms with Gasteiger partial charge in [0.2, 0.25) is 15.9 Å². The van der Waals surface area contributed by atoms with Crippen LogP contribution in [0.5, 0.6) is 0 Å². The van der Waals surface area contributed by atoms with Gasteiger partial charge in [-0.3, -0.25) is 4.79 Å². The molecule has 4 N–H and O–H groups in total. The van der Waals surface area contributed by atoms with Crippen molar-refractivity contribution in [3.8, 4) is 0 Å². The highest BCUT2D eigenvalue weighted by atomic mass is 32.2. The smallest absolute Gasteiger partial charge is 0.250 e. The number of thiophene rings is 1. The van der Waals surface area contributed by atoms with Crippen molar-refractivity contribution in [3.63, 3.8) is 0 Å². The molecule has 1 aromatic rings. The summed E-state index contributed by atoms with van der Waals surface area (Å²) in [7, 11) is -3.61. The molecule has 0 spiro atoms. The third-order valence-corrected chi connectivity index (χ3v) is 6.61. The Morgan fingerprint density at radius 2 is 2.32 bits per heavy atom. The molecule has 2 heterocycles. The Morgan fingerprint density at radius 1 is 1.55 bits per heavy atom. The highest BCUT2D eigenvalue weighted by molar-refractivity contribution is 7.91. The van der Waals surface area contributed by atoms with E-state index in [2.05, 4.69) is 9.62 Å². The first-order valence-electron chi connectivity index (χ1n) is 7.13. The molecule has 1 aromatic heterocycles. The van der Waals surface area contributed by atoms with Crippen LogP contribution in [0.15, 0.2) is 15.7 Å². The average molecular weight is 347 g/mol. The molecule has 1 saturated heterocycles. The van der Waals surface area contributed by atoms with E-state index in [1.54, 1.807) is 0 Å². The monoisotopic (exact) mass is 347 g/mol. The van der Waals surface area contributed by atoms with Crippen molar-refractivity contribution in [2.75, 3.05) is 32.8 Å². The summed E-state index contributed by atoms with van der Waals surface area (Å²) >= 11 is 0.977. The summed E-state index contributed by atoms with van der Waals surface area (Å²) in [4.78, 5) is 13.2. The molecule has 1 fully saturated rings. The summed E-state index contributed by atoms with van der Waals surface area (Å²) in [5, 5.41) is 10.6. The number of nitrogens with zero attached hydrogens (tertiary/aromatic N) is 1. The Balaban J connectivity index is 1.85. The number of rotatable bonds is 7. The van der Waals surface area contributed by atoms with Crippen LogP contribution in [0.1, 0.15) is 23.2 Å². The molecule has 7 nitrogen and oxygen atoms in total. The number of aliphatic hydroxyl groups excluding tert-OH is 1. The lowest BCUT2D eigenvalue weighted by Gasteiger charge is -2.31.